The molecule has 1 aromatic carbocycles. The van der Waals surface area contributed by atoms with Gasteiger partial charge in [0.1, 0.15) is 5.69 Å². The summed E-state index contributed by atoms with van der Waals surface area (Å²) in [4.78, 5) is 17.2. The Balaban J connectivity index is 1.94. The molecule has 1 aromatic heterocycles. The summed E-state index contributed by atoms with van der Waals surface area (Å²) in [5.41, 5.74) is 0.837. The fourth-order valence-electron chi connectivity index (χ4n) is 2.43. The quantitative estimate of drug-likeness (QED) is 0.794. The number of fused-ring (bicyclic) bond motifs is 1. The maximum atomic E-state index is 12.4. The predicted octanol–water partition coefficient (Wildman–Crippen LogP) is 3.83. The van der Waals surface area contributed by atoms with Crippen molar-refractivity contribution < 1.29 is 9.90 Å². The standard InChI is InChI=1S/C17H23ClN2O2/c1-17(2,22)8-4-5-9-20(3)16(21)15-11-12-10-13(18)6-7-14(12)19-15/h6-7,10-11,19,22H,4-5,8-9H2,1-3H3. The smallest absolute Gasteiger partial charge is 0.270 e. The van der Waals surface area contributed by atoms with Gasteiger partial charge in [0.2, 0.25) is 0 Å². The Kier molecular flexibility index (Phi) is 5.14. The fraction of sp³-hybridized carbons (Fsp3) is 0.471. The molecule has 2 rings (SSSR count). The highest BCUT2D eigenvalue weighted by molar-refractivity contribution is 6.31. The summed E-state index contributed by atoms with van der Waals surface area (Å²) in [6.07, 6.45) is 2.50. The van der Waals surface area contributed by atoms with Gasteiger partial charge in [-0.25, -0.2) is 0 Å². The topological polar surface area (TPSA) is 56.3 Å². The molecule has 0 fully saturated rings. The van der Waals surface area contributed by atoms with Crippen LogP contribution in [0.1, 0.15) is 43.6 Å². The highest BCUT2D eigenvalue weighted by atomic mass is 35.5. The summed E-state index contributed by atoms with van der Waals surface area (Å²) in [7, 11) is 1.80. The maximum absolute atomic E-state index is 12.4. The summed E-state index contributed by atoms with van der Waals surface area (Å²) >= 11 is 5.96. The molecule has 0 aliphatic heterocycles. The number of hydrogen-bond donors (Lipinski definition) is 2. The number of carbonyl (C=O) groups excluding carboxylic acids is 1. The fourth-order valence-corrected chi connectivity index (χ4v) is 2.61. The van der Waals surface area contributed by atoms with Crippen molar-refractivity contribution in [3.05, 3.63) is 35.0 Å². The first-order valence-corrected chi connectivity index (χ1v) is 7.90. The van der Waals surface area contributed by atoms with E-state index < -0.39 is 5.60 Å². The van der Waals surface area contributed by atoms with Gasteiger partial charge in [-0.15, -0.1) is 0 Å². The normalized spacial score (nSPS) is 11.9. The van der Waals surface area contributed by atoms with E-state index in [2.05, 4.69) is 4.98 Å². The zero-order valence-electron chi connectivity index (χ0n) is 13.3. The summed E-state index contributed by atoms with van der Waals surface area (Å²) in [6, 6.07) is 7.34. The molecule has 0 saturated heterocycles. The van der Waals surface area contributed by atoms with Crippen molar-refractivity contribution in [1.82, 2.24) is 9.88 Å². The van der Waals surface area contributed by atoms with Crippen LogP contribution in [0.2, 0.25) is 5.02 Å². The minimum Gasteiger partial charge on any atom is -0.390 e. The molecule has 1 amide bonds. The molecule has 2 aromatic rings. The van der Waals surface area contributed by atoms with Gasteiger partial charge in [0.15, 0.2) is 0 Å². The zero-order chi connectivity index (χ0) is 16.3. The van der Waals surface area contributed by atoms with Crippen molar-refractivity contribution in [1.29, 1.82) is 0 Å². The molecule has 4 nitrogen and oxygen atoms in total. The van der Waals surface area contributed by atoms with Crippen molar-refractivity contribution in [2.75, 3.05) is 13.6 Å². The van der Waals surface area contributed by atoms with E-state index in [0.29, 0.717) is 17.3 Å². The number of unbranched alkanes of at least 4 members (excludes halogenated alkanes) is 1. The predicted molar refractivity (Wildman–Crippen MR) is 90.4 cm³/mol. The zero-order valence-corrected chi connectivity index (χ0v) is 14.1. The van der Waals surface area contributed by atoms with E-state index in [4.69, 9.17) is 11.6 Å². The number of halogens is 1. The number of carbonyl (C=O) groups is 1. The largest absolute Gasteiger partial charge is 0.390 e. The number of hydrogen-bond acceptors (Lipinski definition) is 2. The third-order valence-corrected chi connectivity index (χ3v) is 3.93. The lowest BCUT2D eigenvalue weighted by Crippen LogP contribution is -2.28. The van der Waals surface area contributed by atoms with Gasteiger partial charge < -0.3 is 15.0 Å². The lowest BCUT2D eigenvalue weighted by atomic mass is 10.0. The number of aliphatic hydroxyl groups is 1. The first-order valence-electron chi connectivity index (χ1n) is 7.52. The van der Waals surface area contributed by atoms with Gasteiger partial charge in [0.25, 0.3) is 5.91 Å². The second-order valence-corrected chi connectivity index (χ2v) is 6.85. The number of amides is 1. The minimum atomic E-state index is -0.640. The molecular weight excluding hydrogens is 300 g/mol. The molecular formula is C17H23ClN2O2. The van der Waals surface area contributed by atoms with Crippen LogP contribution in [0, 0.1) is 0 Å². The van der Waals surface area contributed by atoms with Gasteiger partial charge in [-0.3, -0.25) is 4.79 Å². The Hall–Kier alpha value is -1.52. The van der Waals surface area contributed by atoms with E-state index >= 15 is 0 Å². The molecule has 0 spiro atoms. The van der Waals surface area contributed by atoms with Crippen molar-refractivity contribution in [2.24, 2.45) is 0 Å². The summed E-state index contributed by atoms with van der Waals surface area (Å²) < 4.78 is 0. The van der Waals surface area contributed by atoms with E-state index in [1.54, 1.807) is 31.9 Å². The Morgan fingerprint density at radius 3 is 2.73 bits per heavy atom. The molecule has 5 heteroatoms. The molecule has 1 heterocycles. The molecule has 0 unspecified atom stereocenters. The van der Waals surface area contributed by atoms with Crippen LogP contribution in [-0.4, -0.2) is 40.1 Å². The molecule has 22 heavy (non-hydrogen) atoms. The molecule has 0 radical (unpaired) electrons. The van der Waals surface area contributed by atoms with Crippen LogP contribution in [0.5, 0.6) is 0 Å². The number of H-pyrrole nitrogens is 1. The Morgan fingerprint density at radius 1 is 1.32 bits per heavy atom. The lowest BCUT2D eigenvalue weighted by molar-refractivity contribution is 0.0663. The summed E-state index contributed by atoms with van der Waals surface area (Å²) in [5, 5.41) is 11.3. The minimum absolute atomic E-state index is 0.0319. The molecule has 0 aliphatic rings. The number of aromatic nitrogens is 1. The lowest BCUT2D eigenvalue weighted by Gasteiger charge is -2.19. The van der Waals surface area contributed by atoms with Crippen molar-refractivity contribution >= 4 is 28.4 Å². The third kappa shape index (κ3) is 4.49. The van der Waals surface area contributed by atoms with Crippen LogP contribution in [0.15, 0.2) is 24.3 Å². The van der Waals surface area contributed by atoms with Gasteiger partial charge in [0.05, 0.1) is 5.60 Å². The van der Waals surface area contributed by atoms with Gasteiger partial charge in [-0.05, 0) is 57.4 Å². The number of nitrogens with one attached hydrogen (secondary N) is 1. The molecule has 0 aliphatic carbocycles. The van der Waals surface area contributed by atoms with Crippen LogP contribution >= 0.6 is 11.6 Å². The molecule has 0 bridgehead atoms. The first kappa shape index (κ1) is 16.8. The van der Waals surface area contributed by atoms with Crippen LogP contribution in [-0.2, 0) is 0 Å². The van der Waals surface area contributed by atoms with Crippen LogP contribution in [0.3, 0.4) is 0 Å². The summed E-state index contributed by atoms with van der Waals surface area (Å²) in [5.74, 6) is -0.0319. The Morgan fingerprint density at radius 2 is 2.05 bits per heavy atom. The second-order valence-electron chi connectivity index (χ2n) is 6.41. The van der Waals surface area contributed by atoms with Crippen molar-refractivity contribution in [2.45, 2.75) is 38.7 Å². The highest BCUT2D eigenvalue weighted by Crippen LogP contribution is 2.21. The van der Waals surface area contributed by atoms with Crippen molar-refractivity contribution in [3.63, 3.8) is 0 Å². The molecule has 120 valence electrons. The van der Waals surface area contributed by atoms with Crippen LogP contribution < -0.4 is 0 Å². The highest BCUT2D eigenvalue weighted by Gasteiger charge is 2.15. The Labute approximate surface area is 136 Å². The van der Waals surface area contributed by atoms with E-state index in [0.717, 1.165) is 30.2 Å². The first-order chi connectivity index (χ1) is 10.3. The number of nitrogens with zero attached hydrogens (tertiary/aromatic N) is 1. The van der Waals surface area contributed by atoms with Crippen LogP contribution in [0.25, 0.3) is 10.9 Å². The number of rotatable bonds is 6. The van der Waals surface area contributed by atoms with E-state index in [9.17, 15) is 9.90 Å². The van der Waals surface area contributed by atoms with E-state index in [-0.39, 0.29) is 5.91 Å². The van der Waals surface area contributed by atoms with Crippen LogP contribution in [0.4, 0.5) is 0 Å². The average Bonchev–Trinajstić information content (AvgIpc) is 2.84. The maximum Gasteiger partial charge on any atom is 0.270 e. The van der Waals surface area contributed by atoms with Gasteiger partial charge in [-0.2, -0.15) is 0 Å². The second kappa shape index (κ2) is 6.71. The molecule has 0 atom stereocenters. The number of benzene rings is 1. The third-order valence-electron chi connectivity index (χ3n) is 3.69. The molecule has 2 N–H and O–H groups in total. The van der Waals surface area contributed by atoms with Gasteiger partial charge >= 0.3 is 0 Å². The number of aromatic amines is 1. The van der Waals surface area contributed by atoms with Gasteiger partial charge in [-0.1, -0.05) is 11.6 Å². The van der Waals surface area contributed by atoms with Crippen molar-refractivity contribution in [3.8, 4) is 0 Å². The SMILES string of the molecule is CN(CCCCC(C)(C)O)C(=O)c1cc2cc(Cl)ccc2[nH]1. The summed E-state index contributed by atoms with van der Waals surface area (Å²) in [6.45, 7) is 4.28. The van der Waals surface area contributed by atoms with E-state index in [1.165, 1.54) is 0 Å². The molecule has 0 saturated carbocycles. The Bertz CT molecular complexity index is 658. The van der Waals surface area contributed by atoms with E-state index in [1.807, 2.05) is 18.2 Å². The average molecular weight is 323 g/mol. The monoisotopic (exact) mass is 322 g/mol. The van der Waals surface area contributed by atoms with Gasteiger partial charge in [0, 0.05) is 29.5 Å².